The molecule has 0 unspecified atom stereocenters. The number of carboxylic acids is 1. The van der Waals surface area contributed by atoms with E-state index >= 15 is 0 Å². The molecule has 0 bridgehead atoms. The zero-order valence-corrected chi connectivity index (χ0v) is 12.0. The Hall–Kier alpha value is -1.59. The van der Waals surface area contributed by atoms with Crippen molar-refractivity contribution in [1.29, 1.82) is 0 Å². The fraction of sp³-hybridized carbons (Fsp3) is 0.786. The summed E-state index contributed by atoms with van der Waals surface area (Å²) < 4.78 is 0. The maximum absolute atomic E-state index is 11.7. The molecule has 2 amide bonds. The highest BCUT2D eigenvalue weighted by molar-refractivity contribution is 5.84. The first-order valence-corrected chi connectivity index (χ1v) is 7.34. The Labute approximate surface area is 119 Å². The van der Waals surface area contributed by atoms with Gasteiger partial charge < -0.3 is 15.7 Å². The molecule has 3 N–H and O–H groups in total. The van der Waals surface area contributed by atoms with Crippen molar-refractivity contribution in [3.8, 4) is 0 Å². The van der Waals surface area contributed by atoms with E-state index in [4.69, 9.17) is 5.11 Å². The Morgan fingerprint density at radius 3 is 2.45 bits per heavy atom. The summed E-state index contributed by atoms with van der Waals surface area (Å²) in [5.74, 6) is -1.25. The minimum atomic E-state index is -1.02. The van der Waals surface area contributed by atoms with E-state index in [9.17, 15) is 14.4 Å². The van der Waals surface area contributed by atoms with Gasteiger partial charge in [0.1, 0.15) is 6.04 Å². The third-order valence-electron chi connectivity index (χ3n) is 3.59. The molecule has 114 valence electrons. The highest BCUT2D eigenvalue weighted by Gasteiger charge is 2.22. The van der Waals surface area contributed by atoms with E-state index in [-0.39, 0.29) is 30.7 Å². The number of nitrogens with one attached hydrogen (secondary N) is 2. The molecule has 0 aromatic carbocycles. The Morgan fingerprint density at radius 2 is 1.90 bits per heavy atom. The van der Waals surface area contributed by atoms with E-state index in [1.165, 1.54) is 0 Å². The second-order valence-corrected chi connectivity index (χ2v) is 5.27. The van der Waals surface area contributed by atoms with Crippen LogP contribution in [0.5, 0.6) is 0 Å². The molecule has 0 aromatic heterocycles. The van der Waals surface area contributed by atoms with Crippen molar-refractivity contribution in [3.63, 3.8) is 0 Å². The van der Waals surface area contributed by atoms with Crippen LogP contribution in [0.1, 0.15) is 51.9 Å². The predicted octanol–water partition coefficient (Wildman–Crippen LogP) is 1.05. The Bertz CT molecular complexity index is 351. The summed E-state index contributed by atoms with van der Waals surface area (Å²) in [6, 6.07) is -0.835. The van der Waals surface area contributed by atoms with Gasteiger partial charge in [-0.25, -0.2) is 4.79 Å². The number of rotatable bonds is 8. The van der Waals surface area contributed by atoms with Crippen LogP contribution in [0.15, 0.2) is 0 Å². The third kappa shape index (κ3) is 5.59. The monoisotopic (exact) mass is 284 g/mol. The van der Waals surface area contributed by atoms with Crippen LogP contribution in [0, 0.1) is 5.92 Å². The highest BCUT2D eigenvalue weighted by atomic mass is 16.4. The van der Waals surface area contributed by atoms with Gasteiger partial charge in [0.2, 0.25) is 11.8 Å². The first-order chi connectivity index (χ1) is 9.54. The summed E-state index contributed by atoms with van der Waals surface area (Å²) in [5.41, 5.74) is 0. The number of carbonyl (C=O) groups excluding carboxylic acids is 2. The molecule has 0 radical (unpaired) electrons. The lowest BCUT2D eigenvalue weighted by atomic mass is 10.1. The Balaban J connectivity index is 2.21. The first-order valence-electron chi connectivity index (χ1n) is 7.34. The van der Waals surface area contributed by atoms with Gasteiger partial charge in [-0.1, -0.05) is 26.2 Å². The number of amides is 2. The molecule has 1 aliphatic rings. The summed E-state index contributed by atoms with van der Waals surface area (Å²) in [4.78, 5) is 34.2. The lowest BCUT2D eigenvalue weighted by molar-refractivity contribution is -0.142. The average molecular weight is 284 g/mol. The molecule has 1 fully saturated rings. The molecular formula is C14H24N2O4. The van der Waals surface area contributed by atoms with Gasteiger partial charge in [-0.2, -0.15) is 0 Å². The second-order valence-electron chi connectivity index (χ2n) is 5.27. The van der Waals surface area contributed by atoms with E-state index in [0.717, 1.165) is 25.7 Å². The standard InChI is InChI=1S/C14H24N2O4/c1-2-5-11(14(19)20)16-12(17)8-9-15-13(18)10-6-3-4-7-10/h10-11H,2-9H2,1H3,(H,15,18)(H,16,17)(H,19,20)/t11-/m1/s1. The van der Waals surface area contributed by atoms with Crippen molar-refractivity contribution in [2.75, 3.05) is 6.54 Å². The third-order valence-corrected chi connectivity index (χ3v) is 3.59. The molecular weight excluding hydrogens is 260 g/mol. The molecule has 0 aliphatic heterocycles. The van der Waals surface area contributed by atoms with Gasteiger partial charge in [0.15, 0.2) is 0 Å². The minimum absolute atomic E-state index is 0.0126. The molecule has 1 atom stereocenters. The average Bonchev–Trinajstić information content (AvgIpc) is 2.91. The molecule has 0 saturated heterocycles. The quantitative estimate of drug-likeness (QED) is 0.621. The van der Waals surface area contributed by atoms with Gasteiger partial charge in [-0.3, -0.25) is 9.59 Å². The SMILES string of the molecule is CCC[C@@H](NC(=O)CCNC(=O)C1CCCC1)C(=O)O. The van der Waals surface area contributed by atoms with E-state index in [2.05, 4.69) is 10.6 Å². The highest BCUT2D eigenvalue weighted by Crippen LogP contribution is 2.24. The van der Waals surface area contributed by atoms with Crippen molar-refractivity contribution < 1.29 is 19.5 Å². The van der Waals surface area contributed by atoms with Gasteiger partial charge in [-0.15, -0.1) is 0 Å². The lowest BCUT2D eigenvalue weighted by Gasteiger charge is -2.14. The number of hydrogen-bond acceptors (Lipinski definition) is 3. The topological polar surface area (TPSA) is 95.5 Å². The molecule has 6 nitrogen and oxygen atoms in total. The number of carboxylic acid groups (broad SMARTS) is 1. The molecule has 1 aliphatic carbocycles. The first kappa shape index (κ1) is 16.5. The van der Waals surface area contributed by atoms with Crippen LogP contribution in [0.2, 0.25) is 0 Å². The van der Waals surface area contributed by atoms with E-state index in [1.807, 2.05) is 6.92 Å². The van der Waals surface area contributed by atoms with Gasteiger partial charge >= 0.3 is 5.97 Å². The number of hydrogen-bond donors (Lipinski definition) is 3. The van der Waals surface area contributed by atoms with Gasteiger partial charge in [0, 0.05) is 18.9 Å². The predicted molar refractivity (Wildman–Crippen MR) is 74.1 cm³/mol. The number of aliphatic carboxylic acids is 1. The molecule has 0 aromatic rings. The zero-order chi connectivity index (χ0) is 15.0. The summed E-state index contributed by atoms with van der Waals surface area (Å²) in [5, 5.41) is 14.1. The van der Waals surface area contributed by atoms with Gasteiger partial charge in [0.05, 0.1) is 0 Å². The molecule has 0 heterocycles. The smallest absolute Gasteiger partial charge is 0.326 e. The van der Waals surface area contributed by atoms with Crippen molar-refractivity contribution >= 4 is 17.8 Å². The molecule has 1 rings (SSSR count). The van der Waals surface area contributed by atoms with Crippen LogP contribution in [-0.2, 0) is 14.4 Å². The lowest BCUT2D eigenvalue weighted by Crippen LogP contribution is -2.42. The van der Waals surface area contributed by atoms with E-state index in [1.54, 1.807) is 0 Å². The summed E-state index contributed by atoms with van der Waals surface area (Å²) in [7, 11) is 0. The normalized spacial score (nSPS) is 16.6. The maximum atomic E-state index is 11.7. The zero-order valence-electron chi connectivity index (χ0n) is 12.0. The minimum Gasteiger partial charge on any atom is -0.480 e. The maximum Gasteiger partial charge on any atom is 0.326 e. The van der Waals surface area contributed by atoms with Gasteiger partial charge in [0.25, 0.3) is 0 Å². The fourth-order valence-electron chi connectivity index (χ4n) is 2.44. The van der Waals surface area contributed by atoms with Crippen LogP contribution in [-0.4, -0.2) is 35.5 Å². The summed E-state index contributed by atoms with van der Waals surface area (Å²) >= 11 is 0. The fourth-order valence-corrected chi connectivity index (χ4v) is 2.44. The second kappa shape index (κ2) is 8.55. The molecule has 20 heavy (non-hydrogen) atoms. The van der Waals surface area contributed by atoms with Gasteiger partial charge in [-0.05, 0) is 19.3 Å². The van der Waals surface area contributed by atoms with E-state index < -0.39 is 12.0 Å². The van der Waals surface area contributed by atoms with Crippen LogP contribution in [0.3, 0.4) is 0 Å². The van der Waals surface area contributed by atoms with Crippen molar-refractivity contribution in [3.05, 3.63) is 0 Å². The van der Waals surface area contributed by atoms with Crippen LogP contribution < -0.4 is 10.6 Å². The summed E-state index contributed by atoms with van der Waals surface area (Å²) in [6.07, 6.45) is 5.26. The molecule has 0 spiro atoms. The van der Waals surface area contributed by atoms with Crippen LogP contribution in [0.4, 0.5) is 0 Å². The molecule has 1 saturated carbocycles. The largest absolute Gasteiger partial charge is 0.480 e. The summed E-state index contributed by atoms with van der Waals surface area (Å²) in [6.45, 7) is 2.13. The Morgan fingerprint density at radius 1 is 1.25 bits per heavy atom. The van der Waals surface area contributed by atoms with Crippen molar-refractivity contribution in [2.45, 2.75) is 57.9 Å². The van der Waals surface area contributed by atoms with Crippen LogP contribution in [0.25, 0.3) is 0 Å². The molecule has 6 heteroatoms. The van der Waals surface area contributed by atoms with E-state index in [0.29, 0.717) is 12.8 Å². The number of carbonyl (C=O) groups is 3. The van der Waals surface area contributed by atoms with Crippen molar-refractivity contribution in [2.24, 2.45) is 5.92 Å². The van der Waals surface area contributed by atoms with Crippen LogP contribution >= 0.6 is 0 Å². The van der Waals surface area contributed by atoms with Crippen molar-refractivity contribution in [1.82, 2.24) is 10.6 Å². The Kier molecular flexibility index (Phi) is 7.04.